The second-order valence-corrected chi connectivity index (χ2v) is 9.22. The van der Waals surface area contributed by atoms with Crippen molar-refractivity contribution in [2.24, 2.45) is 0 Å². The highest BCUT2D eigenvalue weighted by molar-refractivity contribution is 6.00. The highest BCUT2D eigenvalue weighted by Gasteiger charge is 2.38. The van der Waals surface area contributed by atoms with E-state index in [1.807, 2.05) is 26.0 Å². The van der Waals surface area contributed by atoms with Gasteiger partial charge in [0, 0.05) is 11.1 Å². The Balaban J connectivity index is 2.31. The van der Waals surface area contributed by atoms with E-state index in [0.717, 1.165) is 11.1 Å². The van der Waals surface area contributed by atoms with Crippen LogP contribution >= 0.6 is 0 Å². The first kappa shape index (κ1) is 28.6. The maximum atomic E-state index is 13.9. The number of benzene rings is 4. The van der Waals surface area contributed by atoms with Gasteiger partial charge in [-0.05, 0) is 48.7 Å². The number of halogens is 6. The molecule has 0 amide bonds. The molecule has 0 fully saturated rings. The molecule has 0 N–H and O–H groups in total. The van der Waals surface area contributed by atoms with E-state index in [0.29, 0.717) is 28.8 Å². The first-order chi connectivity index (χ1) is 18.8. The third kappa shape index (κ3) is 5.34. The van der Waals surface area contributed by atoms with Crippen molar-refractivity contribution in [2.45, 2.75) is 26.2 Å². The molecule has 4 aromatic rings. The number of rotatable bonds is 5. The Morgan fingerprint density at radius 2 is 1.10 bits per heavy atom. The van der Waals surface area contributed by atoms with Crippen LogP contribution in [-0.4, -0.2) is 14.2 Å². The largest absolute Gasteiger partial charge is 0.495 e. The van der Waals surface area contributed by atoms with E-state index in [2.05, 4.69) is 0 Å². The van der Waals surface area contributed by atoms with E-state index >= 15 is 0 Å². The molecular formula is C31H23F6NO2. The van der Waals surface area contributed by atoms with Crippen LogP contribution in [0.25, 0.3) is 33.4 Å². The molecule has 0 unspecified atom stereocenters. The van der Waals surface area contributed by atoms with E-state index < -0.39 is 29.0 Å². The smallest absolute Gasteiger partial charge is 0.416 e. The quantitative estimate of drug-likeness (QED) is 0.231. The van der Waals surface area contributed by atoms with E-state index in [9.17, 15) is 31.6 Å². The highest BCUT2D eigenvalue weighted by atomic mass is 19.4. The van der Waals surface area contributed by atoms with Crippen LogP contribution in [0.4, 0.5) is 26.3 Å². The summed E-state index contributed by atoms with van der Waals surface area (Å²) in [4.78, 5) is 0. The Hall–Kier alpha value is -4.45. The predicted molar refractivity (Wildman–Crippen MR) is 140 cm³/mol. The van der Waals surface area contributed by atoms with Gasteiger partial charge in [-0.1, -0.05) is 59.7 Å². The molecule has 0 saturated carbocycles. The molecule has 0 bridgehead atoms. The van der Waals surface area contributed by atoms with Crippen LogP contribution < -0.4 is 9.47 Å². The lowest BCUT2D eigenvalue weighted by molar-refractivity contribution is -0.143. The summed E-state index contributed by atoms with van der Waals surface area (Å²) in [7, 11) is 2.62. The summed E-state index contributed by atoms with van der Waals surface area (Å²) in [5.41, 5.74) is -0.754. The van der Waals surface area contributed by atoms with Gasteiger partial charge in [-0.2, -0.15) is 31.6 Å². The van der Waals surface area contributed by atoms with Gasteiger partial charge in [0.15, 0.2) is 0 Å². The number of methoxy groups -OCH3 is 2. The third-order valence-electron chi connectivity index (χ3n) is 6.38. The second-order valence-electron chi connectivity index (χ2n) is 9.22. The molecule has 0 aliphatic heterocycles. The summed E-state index contributed by atoms with van der Waals surface area (Å²) < 4.78 is 94.6. The number of hydrogen-bond acceptors (Lipinski definition) is 3. The fourth-order valence-electron chi connectivity index (χ4n) is 4.87. The molecule has 3 nitrogen and oxygen atoms in total. The van der Waals surface area contributed by atoms with E-state index in [1.165, 1.54) is 14.2 Å². The van der Waals surface area contributed by atoms with E-state index in [-0.39, 0.29) is 34.3 Å². The maximum absolute atomic E-state index is 13.9. The van der Waals surface area contributed by atoms with Crippen molar-refractivity contribution in [3.8, 4) is 50.9 Å². The van der Waals surface area contributed by atoms with Gasteiger partial charge in [0.2, 0.25) is 0 Å². The zero-order valence-electron chi connectivity index (χ0n) is 21.9. The summed E-state index contributed by atoms with van der Waals surface area (Å²) in [5, 5.41) is 10.4. The molecular weight excluding hydrogens is 532 g/mol. The van der Waals surface area contributed by atoms with Gasteiger partial charge in [0.25, 0.3) is 0 Å². The lowest BCUT2D eigenvalue weighted by Gasteiger charge is -2.24. The summed E-state index contributed by atoms with van der Waals surface area (Å²) in [6, 6.07) is 17.3. The second kappa shape index (κ2) is 10.6. The molecule has 0 aliphatic rings. The van der Waals surface area contributed by atoms with Gasteiger partial charge in [0.1, 0.15) is 23.1 Å². The summed E-state index contributed by atoms with van der Waals surface area (Å²) in [6.07, 6.45) is -10.2. The van der Waals surface area contributed by atoms with Crippen LogP contribution in [-0.2, 0) is 12.4 Å². The Labute approximate surface area is 227 Å². The first-order valence-electron chi connectivity index (χ1n) is 12.0. The van der Waals surface area contributed by atoms with Crippen molar-refractivity contribution in [3.05, 3.63) is 94.5 Å². The molecule has 0 radical (unpaired) electrons. The topological polar surface area (TPSA) is 42.2 Å². The Bertz CT molecular complexity index is 1560. The van der Waals surface area contributed by atoms with Crippen molar-refractivity contribution in [1.29, 1.82) is 5.26 Å². The molecule has 0 aliphatic carbocycles. The van der Waals surface area contributed by atoms with Crippen LogP contribution in [0, 0.1) is 25.2 Å². The molecule has 0 saturated heterocycles. The monoisotopic (exact) mass is 555 g/mol. The molecule has 4 aromatic carbocycles. The molecule has 9 heteroatoms. The van der Waals surface area contributed by atoms with Crippen molar-refractivity contribution in [3.63, 3.8) is 0 Å². The third-order valence-corrected chi connectivity index (χ3v) is 6.38. The summed E-state index contributed by atoms with van der Waals surface area (Å²) in [5.74, 6) is 0.0904. The van der Waals surface area contributed by atoms with Crippen LogP contribution in [0.2, 0.25) is 0 Å². The molecule has 4 rings (SSSR count). The SMILES string of the molecule is COc1c(C#N)c(-c2cc(C(F)(F)F)cc(C(F)(F)F)c2)c(-c2cc(C)cc(C)c2)c(OC)c1-c1ccccc1. The molecule has 0 atom stereocenters. The number of nitrogens with zero attached hydrogens (tertiary/aromatic N) is 1. The van der Waals surface area contributed by atoms with Gasteiger partial charge in [-0.15, -0.1) is 0 Å². The minimum Gasteiger partial charge on any atom is -0.495 e. The summed E-state index contributed by atoms with van der Waals surface area (Å²) in [6.45, 7) is 3.61. The maximum Gasteiger partial charge on any atom is 0.416 e. The average Bonchev–Trinajstić information content (AvgIpc) is 2.89. The Kier molecular flexibility index (Phi) is 7.57. The van der Waals surface area contributed by atoms with Gasteiger partial charge in [-0.25, -0.2) is 0 Å². The number of alkyl halides is 6. The molecule has 0 aromatic heterocycles. The summed E-state index contributed by atoms with van der Waals surface area (Å²) >= 11 is 0. The van der Waals surface area contributed by atoms with Gasteiger partial charge < -0.3 is 9.47 Å². The fourth-order valence-corrected chi connectivity index (χ4v) is 4.87. The highest BCUT2D eigenvalue weighted by Crippen LogP contribution is 2.53. The molecule has 206 valence electrons. The molecule has 0 heterocycles. The molecule has 0 spiro atoms. The van der Waals surface area contributed by atoms with Crippen LogP contribution in [0.3, 0.4) is 0 Å². The minimum atomic E-state index is -5.08. The minimum absolute atomic E-state index is 0.0420. The van der Waals surface area contributed by atoms with Crippen molar-refractivity contribution < 1.29 is 35.8 Å². The van der Waals surface area contributed by atoms with Crippen molar-refractivity contribution >= 4 is 0 Å². The van der Waals surface area contributed by atoms with E-state index in [4.69, 9.17) is 9.47 Å². The number of hydrogen-bond donors (Lipinski definition) is 0. The van der Waals surface area contributed by atoms with Crippen LogP contribution in [0.1, 0.15) is 27.8 Å². The van der Waals surface area contributed by atoms with Crippen LogP contribution in [0.5, 0.6) is 11.5 Å². The Morgan fingerprint density at radius 1 is 0.600 bits per heavy atom. The normalized spacial score (nSPS) is 11.7. The van der Waals surface area contributed by atoms with Gasteiger partial charge >= 0.3 is 12.4 Å². The zero-order chi connectivity index (χ0) is 29.4. The zero-order valence-corrected chi connectivity index (χ0v) is 21.9. The van der Waals surface area contributed by atoms with Crippen molar-refractivity contribution in [1.82, 2.24) is 0 Å². The van der Waals surface area contributed by atoms with Gasteiger partial charge in [0.05, 0.1) is 30.9 Å². The Morgan fingerprint density at radius 3 is 1.55 bits per heavy atom. The number of nitriles is 1. The number of ether oxygens (including phenoxy) is 2. The fraction of sp³-hybridized carbons (Fsp3) is 0.194. The van der Waals surface area contributed by atoms with Crippen molar-refractivity contribution in [2.75, 3.05) is 14.2 Å². The van der Waals surface area contributed by atoms with Gasteiger partial charge in [-0.3, -0.25) is 0 Å². The standard InChI is InChI=1S/C31H23F6NO2/c1-17-10-18(2)12-20(11-17)26-25(21-13-22(30(32,33)34)15-23(14-21)31(35,36)37)24(16-38)28(39-3)27(29(26)40-4)19-8-6-5-7-9-19/h5-15H,1-4H3. The lowest BCUT2D eigenvalue weighted by Crippen LogP contribution is -2.11. The average molecular weight is 556 g/mol. The number of aryl methyl sites for hydroxylation is 2. The molecule has 40 heavy (non-hydrogen) atoms. The predicted octanol–water partition coefficient (Wildman–Crippen LogP) is 9.23. The lowest BCUT2D eigenvalue weighted by atomic mass is 9.83. The van der Waals surface area contributed by atoms with E-state index in [1.54, 1.807) is 42.5 Å². The van der Waals surface area contributed by atoms with Crippen LogP contribution in [0.15, 0.2) is 66.7 Å². The first-order valence-corrected chi connectivity index (χ1v) is 12.0.